The highest BCUT2D eigenvalue weighted by Gasteiger charge is 2.24. The SMILES string of the molecule is CC(CN1CCCC1)N=C1NC(C)(C)CCS1. The quantitative estimate of drug-likeness (QED) is 0.839. The first-order valence-electron chi connectivity index (χ1n) is 6.76. The maximum Gasteiger partial charge on any atom is 0.157 e. The van der Waals surface area contributed by atoms with E-state index in [1.165, 1.54) is 38.1 Å². The summed E-state index contributed by atoms with van der Waals surface area (Å²) in [6.45, 7) is 10.4. The maximum atomic E-state index is 4.82. The molecule has 4 heteroatoms. The van der Waals surface area contributed by atoms with E-state index < -0.39 is 0 Å². The molecule has 1 N–H and O–H groups in total. The van der Waals surface area contributed by atoms with Gasteiger partial charge in [0.1, 0.15) is 0 Å². The predicted octanol–water partition coefficient (Wildman–Crippen LogP) is 2.33. The molecule has 0 saturated carbocycles. The van der Waals surface area contributed by atoms with Gasteiger partial charge in [-0.15, -0.1) is 0 Å². The Morgan fingerprint density at radius 2 is 2.12 bits per heavy atom. The van der Waals surface area contributed by atoms with Crippen LogP contribution in [-0.2, 0) is 0 Å². The normalized spacial score (nSPS) is 29.2. The molecule has 0 aromatic carbocycles. The van der Waals surface area contributed by atoms with Crippen LogP contribution in [0, 0.1) is 0 Å². The monoisotopic (exact) mass is 255 g/mol. The number of thioether (sulfide) groups is 1. The van der Waals surface area contributed by atoms with Gasteiger partial charge in [-0.3, -0.25) is 4.99 Å². The van der Waals surface area contributed by atoms with E-state index >= 15 is 0 Å². The third kappa shape index (κ3) is 4.18. The van der Waals surface area contributed by atoms with Gasteiger partial charge in [0.05, 0.1) is 6.04 Å². The van der Waals surface area contributed by atoms with Crippen molar-refractivity contribution in [1.29, 1.82) is 0 Å². The van der Waals surface area contributed by atoms with Crippen molar-refractivity contribution in [2.24, 2.45) is 4.99 Å². The zero-order chi connectivity index (χ0) is 12.3. The van der Waals surface area contributed by atoms with Gasteiger partial charge in [-0.25, -0.2) is 0 Å². The van der Waals surface area contributed by atoms with Crippen LogP contribution < -0.4 is 5.32 Å². The highest BCUT2D eigenvalue weighted by Crippen LogP contribution is 2.22. The largest absolute Gasteiger partial charge is 0.360 e. The number of rotatable bonds is 3. The summed E-state index contributed by atoms with van der Waals surface area (Å²) in [5, 5.41) is 4.69. The first-order chi connectivity index (χ1) is 8.05. The van der Waals surface area contributed by atoms with Crippen LogP contribution in [-0.4, -0.2) is 47.0 Å². The summed E-state index contributed by atoms with van der Waals surface area (Å²) < 4.78 is 0. The second kappa shape index (κ2) is 5.61. The summed E-state index contributed by atoms with van der Waals surface area (Å²) in [4.78, 5) is 7.36. The van der Waals surface area contributed by atoms with Gasteiger partial charge < -0.3 is 10.2 Å². The van der Waals surface area contributed by atoms with E-state index in [-0.39, 0.29) is 5.54 Å². The number of hydrogen-bond acceptors (Lipinski definition) is 3. The first kappa shape index (κ1) is 13.2. The Morgan fingerprint density at radius 3 is 2.76 bits per heavy atom. The zero-order valence-corrected chi connectivity index (χ0v) is 12.1. The molecule has 0 aromatic rings. The molecule has 2 aliphatic heterocycles. The van der Waals surface area contributed by atoms with E-state index in [4.69, 9.17) is 4.99 Å². The van der Waals surface area contributed by atoms with Crippen molar-refractivity contribution in [2.45, 2.75) is 51.6 Å². The van der Waals surface area contributed by atoms with Crippen molar-refractivity contribution < 1.29 is 0 Å². The number of nitrogens with zero attached hydrogens (tertiary/aromatic N) is 2. The lowest BCUT2D eigenvalue weighted by Gasteiger charge is -2.33. The van der Waals surface area contributed by atoms with Gasteiger partial charge in [0.25, 0.3) is 0 Å². The highest BCUT2D eigenvalue weighted by atomic mass is 32.2. The molecule has 0 amide bonds. The Labute approximate surface area is 109 Å². The molecule has 0 bridgehead atoms. The average molecular weight is 255 g/mol. The van der Waals surface area contributed by atoms with Crippen LogP contribution in [0.4, 0.5) is 0 Å². The van der Waals surface area contributed by atoms with Gasteiger partial charge in [-0.2, -0.15) is 0 Å². The fourth-order valence-corrected chi connectivity index (χ4v) is 3.85. The first-order valence-corrected chi connectivity index (χ1v) is 7.75. The molecular weight excluding hydrogens is 230 g/mol. The molecule has 2 heterocycles. The molecule has 3 nitrogen and oxygen atoms in total. The Morgan fingerprint density at radius 1 is 1.41 bits per heavy atom. The molecule has 98 valence electrons. The minimum Gasteiger partial charge on any atom is -0.360 e. The highest BCUT2D eigenvalue weighted by molar-refractivity contribution is 8.13. The molecule has 1 unspecified atom stereocenters. The van der Waals surface area contributed by atoms with Gasteiger partial charge in [-0.05, 0) is 53.1 Å². The van der Waals surface area contributed by atoms with Gasteiger partial charge in [0.15, 0.2) is 5.17 Å². The van der Waals surface area contributed by atoms with Crippen LogP contribution in [0.1, 0.15) is 40.0 Å². The Hall–Kier alpha value is -0.220. The Balaban J connectivity index is 1.84. The van der Waals surface area contributed by atoms with Crippen molar-refractivity contribution >= 4 is 16.9 Å². The molecular formula is C13H25N3S. The summed E-state index contributed by atoms with van der Waals surface area (Å²) in [5.74, 6) is 1.19. The van der Waals surface area contributed by atoms with E-state index in [9.17, 15) is 0 Å². The molecule has 17 heavy (non-hydrogen) atoms. The van der Waals surface area contributed by atoms with Gasteiger partial charge in [-0.1, -0.05) is 11.8 Å². The maximum absolute atomic E-state index is 4.82. The van der Waals surface area contributed by atoms with Crippen LogP contribution in [0.25, 0.3) is 0 Å². The number of amidine groups is 1. The minimum atomic E-state index is 0.220. The van der Waals surface area contributed by atoms with Crippen molar-refractivity contribution in [3.05, 3.63) is 0 Å². The number of hydrogen-bond donors (Lipinski definition) is 1. The minimum absolute atomic E-state index is 0.220. The third-order valence-electron chi connectivity index (χ3n) is 3.47. The summed E-state index contributed by atoms with van der Waals surface area (Å²) in [6.07, 6.45) is 3.95. The van der Waals surface area contributed by atoms with Crippen LogP contribution >= 0.6 is 11.8 Å². The van der Waals surface area contributed by atoms with Gasteiger partial charge in [0.2, 0.25) is 0 Å². The van der Waals surface area contributed by atoms with Crippen molar-refractivity contribution in [1.82, 2.24) is 10.2 Å². The fraction of sp³-hybridized carbons (Fsp3) is 0.923. The predicted molar refractivity (Wildman–Crippen MR) is 76.9 cm³/mol. The van der Waals surface area contributed by atoms with Gasteiger partial charge in [0, 0.05) is 17.8 Å². The molecule has 0 aromatic heterocycles. The molecule has 0 radical (unpaired) electrons. The number of nitrogens with one attached hydrogen (secondary N) is 1. The standard InChI is InChI=1S/C13H25N3S/c1-11(10-16-7-4-5-8-16)14-12-15-13(2,3)6-9-17-12/h11H,4-10H2,1-3H3,(H,14,15). The van der Waals surface area contributed by atoms with Crippen molar-refractivity contribution in [3.8, 4) is 0 Å². The molecule has 2 saturated heterocycles. The van der Waals surface area contributed by atoms with E-state index in [0.717, 1.165) is 11.7 Å². The van der Waals surface area contributed by atoms with E-state index in [0.29, 0.717) is 6.04 Å². The molecule has 1 atom stereocenters. The number of aliphatic imine (C=N–C) groups is 1. The molecule has 0 spiro atoms. The van der Waals surface area contributed by atoms with E-state index in [2.05, 4.69) is 31.0 Å². The summed E-state index contributed by atoms with van der Waals surface area (Å²) in [7, 11) is 0. The third-order valence-corrected chi connectivity index (χ3v) is 4.36. The molecule has 0 aliphatic carbocycles. The zero-order valence-electron chi connectivity index (χ0n) is 11.3. The van der Waals surface area contributed by atoms with E-state index in [1.807, 2.05) is 11.8 Å². The lowest BCUT2D eigenvalue weighted by Crippen LogP contribution is -2.46. The lowest BCUT2D eigenvalue weighted by molar-refractivity contribution is 0.321. The molecule has 2 rings (SSSR count). The van der Waals surface area contributed by atoms with E-state index in [1.54, 1.807) is 0 Å². The van der Waals surface area contributed by atoms with Gasteiger partial charge >= 0.3 is 0 Å². The Kier molecular flexibility index (Phi) is 4.36. The molecule has 2 fully saturated rings. The fourth-order valence-electron chi connectivity index (χ4n) is 2.44. The van der Waals surface area contributed by atoms with Crippen LogP contribution in [0.2, 0.25) is 0 Å². The van der Waals surface area contributed by atoms with Crippen LogP contribution in [0.5, 0.6) is 0 Å². The van der Waals surface area contributed by atoms with Crippen molar-refractivity contribution in [3.63, 3.8) is 0 Å². The second-order valence-electron chi connectivity index (χ2n) is 5.90. The number of likely N-dealkylation sites (tertiary alicyclic amines) is 1. The summed E-state index contributed by atoms with van der Waals surface area (Å²) in [5.41, 5.74) is 0.220. The smallest absolute Gasteiger partial charge is 0.157 e. The van der Waals surface area contributed by atoms with Crippen molar-refractivity contribution in [2.75, 3.05) is 25.4 Å². The second-order valence-corrected chi connectivity index (χ2v) is 6.98. The topological polar surface area (TPSA) is 27.6 Å². The molecule has 2 aliphatic rings. The Bertz CT molecular complexity index is 282. The average Bonchev–Trinajstić information content (AvgIpc) is 2.68. The van der Waals surface area contributed by atoms with Crippen LogP contribution in [0.3, 0.4) is 0 Å². The lowest BCUT2D eigenvalue weighted by atomic mass is 10.0. The summed E-state index contributed by atoms with van der Waals surface area (Å²) in [6, 6.07) is 0.414. The summed E-state index contributed by atoms with van der Waals surface area (Å²) >= 11 is 1.87. The van der Waals surface area contributed by atoms with Crippen LogP contribution in [0.15, 0.2) is 4.99 Å².